The largest absolute Gasteiger partial charge is 0.339 e. The molecule has 1 N–H and O–H groups in total. The lowest BCUT2D eigenvalue weighted by atomic mass is 9.96. The topological polar surface area (TPSA) is 86.8 Å². The van der Waals surface area contributed by atoms with Crippen LogP contribution in [0, 0.1) is 12.8 Å². The third-order valence-electron chi connectivity index (χ3n) is 5.73. The third-order valence-corrected chi connectivity index (χ3v) is 7.61. The zero-order chi connectivity index (χ0) is 20.3. The van der Waals surface area contributed by atoms with E-state index >= 15 is 0 Å². The van der Waals surface area contributed by atoms with Crippen molar-refractivity contribution in [3.63, 3.8) is 0 Å². The zero-order valence-corrected chi connectivity index (χ0v) is 17.4. The van der Waals surface area contributed by atoms with E-state index in [2.05, 4.69) is 5.32 Å². The Morgan fingerprint density at radius 1 is 1.11 bits per heavy atom. The summed E-state index contributed by atoms with van der Waals surface area (Å²) in [5.74, 6) is -0.356. The van der Waals surface area contributed by atoms with E-state index in [4.69, 9.17) is 0 Å². The predicted octanol–water partition coefficient (Wildman–Crippen LogP) is 2.23. The van der Waals surface area contributed by atoms with Crippen molar-refractivity contribution in [2.45, 2.75) is 39.5 Å². The fraction of sp³-hybridized carbons (Fsp3) is 0.600. The Balaban J connectivity index is 1.70. The van der Waals surface area contributed by atoms with E-state index in [1.165, 1.54) is 4.31 Å². The van der Waals surface area contributed by atoms with Gasteiger partial charge in [-0.2, -0.15) is 0 Å². The highest BCUT2D eigenvalue weighted by Gasteiger charge is 2.31. The summed E-state index contributed by atoms with van der Waals surface area (Å²) in [6.45, 7) is 5.75. The predicted molar refractivity (Wildman–Crippen MR) is 109 cm³/mol. The van der Waals surface area contributed by atoms with Crippen molar-refractivity contribution in [3.05, 3.63) is 29.3 Å². The van der Waals surface area contributed by atoms with Gasteiger partial charge in [-0.15, -0.1) is 0 Å². The highest BCUT2D eigenvalue weighted by atomic mass is 32.2. The molecule has 8 heteroatoms. The van der Waals surface area contributed by atoms with Gasteiger partial charge in [0.1, 0.15) is 0 Å². The van der Waals surface area contributed by atoms with Gasteiger partial charge in [-0.3, -0.25) is 9.59 Å². The molecule has 3 rings (SSSR count). The molecular formula is C20H29N3O4S. The molecule has 0 aliphatic carbocycles. The van der Waals surface area contributed by atoms with Crippen LogP contribution in [0.1, 0.15) is 48.5 Å². The summed E-state index contributed by atoms with van der Waals surface area (Å²) in [6, 6.07) is 5.48. The zero-order valence-electron chi connectivity index (χ0n) is 16.6. The van der Waals surface area contributed by atoms with E-state index in [1.54, 1.807) is 13.0 Å². The summed E-state index contributed by atoms with van der Waals surface area (Å²) in [6.07, 6.45) is 3.01. The van der Waals surface area contributed by atoms with Crippen molar-refractivity contribution in [1.82, 2.24) is 9.21 Å². The van der Waals surface area contributed by atoms with E-state index in [0.29, 0.717) is 37.2 Å². The molecule has 1 aromatic carbocycles. The summed E-state index contributed by atoms with van der Waals surface area (Å²) < 4.78 is 25.5. The number of piperidine rings is 1. The number of amides is 2. The molecule has 28 heavy (non-hydrogen) atoms. The maximum absolute atomic E-state index is 12.9. The molecule has 2 aliphatic rings. The van der Waals surface area contributed by atoms with Crippen LogP contribution in [-0.2, 0) is 14.8 Å². The summed E-state index contributed by atoms with van der Waals surface area (Å²) >= 11 is 0. The first kappa shape index (κ1) is 20.8. The fourth-order valence-corrected chi connectivity index (χ4v) is 5.04. The van der Waals surface area contributed by atoms with Gasteiger partial charge in [-0.1, -0.05) is 12.1 Å². The SMILES string of the molecule is CCS(=O)(=O)N1CCC(C(=O)Nc2c(C)cccc2C(=O)N2CCCC2)CC1. The van der Waals surface area contributed by atoms with Crippen LogP contribution in [0.5, 0.6) is 0 Å². The summed E-state index contributed by atoms with van der Waals surface area (Å²) in [5.41, 5.74) is 1.96. The molecule has 2 fully saturated rings. The van der Waals surface area contributed by atoms with Gasteiger partial charge in [0.2, 0.25) is 15.9 Å². The van der Waals surface area contributed by atoms with Crippen LogP contribution in [-0.4, -0.2) is 61.4 Å². The molecule has 0 spiro atoms. The van der Waals surface area contributed by atoms with Gasteiger partial charge in [0.05, 0.1) is 17.0 Å². The second-order valence-electron chi connectivity index (χ2n) is 7.56. The maximum atomic E-state index is 12.9. The molecule has 0 aromatic heterocycles. The van der Waals surface area contributed by atoms with Gasteiger partial charge in [-0.05, 0) is 51.2 Å². The van der Waals surface area contributed by atoms with E-state index in [9.17, 15) is 18.0 Å². The lowest BCUT2D eigenvalue weighted by Gasteiger charge is -2.30. The average molecular weight is 408 g/mol. The molecule has 0 unspecified atom stereocenters. The Morgan fingerprint density at radius 3 is 2.36 bits per heavy atom. The molecule has 1 aromatic rings. The van der Waals surface area contributed by atoms with Gasteiger partial charge in [0.15, 0.2) is 0 Å². The summed E-state index contributed by atoms with van der Waals surface area (Å²) in [5, 5.41) is 2.97. The van der Waals surface area contributed by atoms with Gasteiger partial charge < -0.3 is 10.2 Å². The van der Waals surface area contributed by atoms with Crippen LogP contribution in [0.15, 0.2) is 18.2 Å². The highest BCUT2D eigenvalue weighted by molar-refractivity contribution is 7.89. The molecule has 154 valence electrons. The number of benzene rings is 1. The molecule has 2 saturated heterocycles. The standard InChI is InChI=1S/C20H29N3O4S/c1-3-28(26,27)23-13-9-16(10-14-23)19(24)21-18-15(2)7-6-8-17(18)20(25)22-11-4-5-12-22/h6-8,16H,3-5,9-14H2,1-2H3,(H,21,24). The third kappa shape index (κ3) is 4.38. The monoisotopic (exact) mass is 407 g/mol. The minimum atomic E-state index is -3.21. The Hall–Kier alpha value is -1.93. The lowest BCUT2D eigenvalue weighted by molar-refractivity contribution is -0.120. The smallest absolute Gasteiger partial charge is 0.255 e. The van der Waals surface area contributed by atoms with Gasteiger partial charge in [-0.25, -0.2) is 12.7 Å². The van der Waals surface area contributed by atoms with Crippen LogP contribution in [0.2, 0.25) is 0 Å². The molecular weight excluding hydrogens is 378 g/mol. The molecule has 0 bridgehead atoms. The number of rotatable bonds is 5. The molecule has 7 nitrogen and oxygen atoms in total. The Morgan fingerprint density at radius 2 is 1.75 bits per heavy atom. The molecule has 0 radical (unpaired) electrons. The van der Waals surface area contributed by atoms with E-state index in [0.717, 1.165) is 31.5 Å². The van der Waals surface area contributed by atoms with Gasteiger partial charge in [0.25, 0.3) is 5.91 Å². The normalized spacial score (nSPS) is 19.0. The second-order valence-corrected chi connectivity index (χ2v) is 9.82. The number of likely N-dealkylation sites (tertiary alicyclic amines) is 1. The molecule has 0 atom stereocenters. The second kappa shape index (κ2) is 8.61. The molecule has 2 heterocycles. The Bertz CT molecular complexity index is 839. The fourth-order valence-electron chi connectivity index (χ4n) is 3.91. The first-order chi connectivity index (χ1) is 13.3. The molecule has 2 aliphatic heterocycles. The lowest BCUT2D eigenvalue weighted by Crippen LogP contribution is -2.42. The average Bonchev–Trinajstić information content (AvgIpc) is 3.24. The number of aryl methyl sites for hydroxylation is 1. The van der Waals surface area contributed by atoms with Crippen LogP contribution < -0.4 is 5.32 Å². The van der Waals surface area contributed by atoms with E-state index < -0.39 is 10.0 Å². The number of carbonyl (C=O) groups is 2. The van der Waals surface area contributed by atoms with E-state index in [1.807, 2.05) is 24.0 Å². The quantitative estimate of drug-likeness (QED) is 0.811. The maximum Gasteiger partial charge on any atom is 0.255 e. The number of anilines is 1. The number of hydrogen-bond acceptors (Lipinski definition) is 4. The van der Waals surface area contributed by atoms with Crippen molar-refractivity contribution < 1.29 is 18.0 Å². The number of hydrogen-bond donors (Lipinski definition) is 1. The number of carbonyl (C=O) groups excluding carboxylic acids is 2. The van der Waals surface area contributed by atoms with Crippen LogP contribution in [0.4, 0.5) is 5.69 Å². The van der Waals surface area contributed by atoms with Crippen LogP contribution in [0.25, 0.3) is 0 Å². The number of sulfonamides is 1. The van der Waals surface area contributed by atoms with Gasteiger partial charge in [0, 0.05) is 32.1 Å². The van der Waals surface area contributed by atoms with Crippen molar-refractivity contribution in [2.75, 3.05) is 37.2 Å². The molecule has 2 amide bonds. The first-order valence-electron chi connectivity index (χ1n) is 10.0. The van der Waals surface area contributed by atoms with Crippen molar-refractivity contribution in [2.24, 2.45) is 5.92 Å². The van der Waals surface area contributed by atoms with Gasteiger partial charge >= 0.3 is 0 Å². The Kier molecular flexibility index (Phi) is 6.40. The minimum Gasteiger partial charge on any atom is -0.339 e. The van der Waals surface area contributed by atoms with E-state index in [-0.39, 0.29) is 23.5 Å². The summed E-state index contributed by atoms with van der Waals surface area (Å²) in [4.78, 5) is 27.5. The molecule has 0 saturated carbocycles. The van der Waals surface area contributed by atoms with Crippen LogP contribution >= 0.6 is 0 Å². The Labute approximate surface area is 167 Å². The number of nitrogens with zero attached hydrogens (tertiary/aromatic N) is 2. The van der Waals surface area contributed by atoms with Crippen molar-refractivity contribution in [1.29, 1.82) is 0 Å². The minimum absolute atomic E-state index is 0.0413. The number of nitrogens with one attached hydrogen (secondary N) is 1. The van der Waals surface area contributed by atoms with Crippen molar-refractivity contribution >= 4 is 27.5 Å². The van der Waals surface area contributed by atoms with Crippen LogP contribution in [0.3, 0.4) is 0 Å². The number of para-hydroxylation sites is 1. The summed E-state index contributed by atoms with van der Waals surface area (Å²) in [7, 11) is -3.21. The first-order valence-corrected chi connectivity index (χ1v) is 11.6. The van der Waals surface area contributed by atoms with Crippen molar-refractivity contribution in [3.8, 4) is 0 Å². The highest BCUT2D eigenvalue weighted by Crippen LogP contribution is 2.27.